The van der Waals surface area contributed by atoms with Crippen LogP contribution in [0, 0.1) is 6.92 Å². The van der Waals surface area contributed by atoms with E-state index >= 15 is 0 Å². The highest BCUT2D eigenvalue weighted by atomic mass is 32.1. The fourth-order valence-electron chi connectivity index (χ4n) is 2.24. The second kappa shape index (κ2) is 6.33. The summed E-state index contributed by atoms with van der Waals surface area (Å²) in [7, 11) is 0. The first-order valence-electron chi connectivity index (χ1n) is 7.25. The molecule has 3 heterocycles. The second-order valence-corrected chi connectivity index (χ2v) is 6.29. The van der Waals surface area contributed by atoms with E-state index in [1.807, 2.05) is 13.0 Å². The van der Waals surface area contributed by atoms with Crippen molar-refractivity contribution < 1.29 is 9.53 Å². The van der Waals surface area contributed by atoms with Gasteiger partial charge in [-0.3, -0.25) is 9.48 Å². The van der Waals surface area contributed by atoms with Crippen LogP contribution in [0.1, 0.15) is 28.0 Å². The molecular formula is C15H16N4O3S. The Morgan fingerprint density at radius 2 is 2.30 bits per heavy atom. The van der Waals surface area contributed by atoms with Crippen molar-refractivity contribution in [3.8, 4) is 0 Å². The van der Waals surface area contributed by atoms with Crippen LogP contribution in [0.3, 0.4) is 0 Å². The minimum atomic E-state index is -0.388. The van der Waals surface area contributed by atoms with Crippen molar-refractivity contribution in [1.29, 1.82) is 0 Å². The van der Waals surface area contributed by atoms with E-state index in [2.05, 4.69) is 15.1 Å². The van der Waals surface area contributed by atoms with E-state index in [0.29, 0.717) is 36.3 Å². The maximum atomic E-state index is 12.0. The highest BCUT2D eigenvalue weighted by Crippen LogP contribution is 2.19. The number of carbonyl (C=O) groups is 1. The van der Waals surface area contributed by atoms with Gasteiger partial charge in [-0.1, -0.05) is 0 Å². The Morgan fingerprint density at radius 1 is 1.48 bits per heavy atom. The molecule has 8 heteroatoms. The largest absolute Gasteiger partial charge is 0.462 e. The van der Waals surface area contributed by atoms with Crippen LogP contribution in [0.15, 0.2) is 23.3 Å². The van der Waals surface area contributed by atoms with Gasteiger partial charge in [0, 0.05) is 24.0 Å². The van der Waals surface area contributed by atoms with Crippen LogP contribution < -0.4 is 5.56 Å². The predicted octanol–water partition coefficient (Wildman–Crippen LogP) is 1.91. The average Bonchev–Trinajstić information content (AvgIpc) is 3.11. The molecule has 3 aromatic heterocycles. The van der Waals surface area contributed by atoms with Gasteiger partial charge >= 0.3 is 5.97 Å². The Labute approximate surface area is 135 Å². The van der Waals surface area contributed by atoms with Gasteiger partial charge in [0.15, 0.2) is 0 Å². The number of aromatic nitrogens is 4. The molecule has 7 nitrogen and oxygen atoms in total. The molecule has 120 valence electrons. The van der Waals surface area contributed by atoms with Crippen LogP contribution in [-0.4, -0.2) is 32.3 Å². The summed E-state index contributed by atoms with van der Waals surface area (Å²) in [5, 5.41) is 4.75. The highest BCUT2D eigenvalue weighted by molar-refractivity contribution is 7.18. The van der Waals surface area contributed by atoms with Gasteiger partial charge in [-0.05, 0) is 19.9 Å². The van der Waals surface area contributed by atoms with Crippen molar-refractivity contribution in [3.63, 3.8) is 0 Å². The second-order valence-electron chi connectivity index (χ2n) is 5.05. The van der Waals surface area contributed by atoms with Gasteiger partial charge in [-0.15, -0.1) is 11.3 Å². The van der Waals surface area contributed by atoms with E-state index in [-0.39, 0.29) is 11.5 Å². The fraction of sp³-hybridized carbons (Fsp3) is 0.333. The van der Waals surface area contributed by atoms with E-state index in [4.69, 9.17) is 4.74 Å². The van der Waals surface area contributed by atoms with Crippen LogP contribution in [0.25, 0.3) is 10.2 Å². The van der Waals surface area contributed by atoms with Gasteiger partial charge in [0.25, 0.3) is 5.56 Å². The van der Waals surface area contributed by atoms with Crippen molar-refractivity contribution in [1.82, 2.24) is 19.7 Å². The van der Waals surface area contributed by atoms with Crippen molar-refractivity contribution in [2.45, 2.75) is 26.8 Å². The van der Waals surface area contributed by atoms with Crippen LogP contribution in [0.4, 0.5) is 0 Å². The number of thiophene rings is 1. The molecule has 0 aliphatic carbocycles. The van der Waals surface area contributed by atoms with Crippen molar-refractivity contribution in [3.05, 3.63) is 45.1 Å². The van der Waals surface area contributed by atoms with Crippen LogP contribution in [0.5, 0.6) is 0 Å². The Kier molecular flexibility index (Phi) is 4.24. The zero-order valence-corrected chi connectivity index (χ0v) is 13.6. The van der Waals surface area contributed by atoms with Gasteiger partial charge in [0.2, 0.25) is 0 Å². The first-order valence-corrected chi connectivity index (χ1v) is 8.07. The molecular weight excluding hydrogens is 316 g/mol. The van der Waals surface area contributed by atoms with E-state index in [1.165, 1.54) is 17.5 Å². The van der Waals surface area contributed by atoms with E-state index in [1.54, 1.807) is 17.8 Å². The number of fused-ring (bicyclic) bond motifs is 1. The molecule has 0 amide bonds. The normalized spacial score (nSPS) is 11.0. The topological polar surface area (TPSA) is 89.9 Å². The summed E-state index contributed by atoms with van der Waals surface area (Å²) in [6, 6.07) is 1.84. The van der Waals surface area contributed by atoms with Crippen LogP contribution in [0.2, 0.25) is 0 Å². The summed E-state index contributed by atoms with van der Waals surface area (Å²) < 4.78 is 6.55. The predicted molar refractivity (Wildman–Crippen MR) is 86.9 cm³/mol. The third-order valence-electron chi connectivity index (χ3n) is 3.30. The molecule has 0 fully saturated rings. The lowest BCUT2D eigenvalue weighted by Crippen LogP contribution is -2.13. The number of esters is 1. The fourth-order valence-corrected chi connectivity index (χ4v) is 3.14. The third kappa shape index (κ3) is 3.31. The Balaban J connectivity index is 1.73. The highest BCUT2D eigenvalue weighted by Gasteiger charge is 2.10. The lowest BCUT2D eigenvalue weighted by molar-refractivity contribution is 0.0526. The number of nitrogens with one attached hydrogen (secondary N) is 1. The smallest absolute Gasteiger partial charge is 0.341 e. The Hall–Kier alpha value is -2.48. The van der Waals surface area contributed by atoms with Gasteiger partial charge < -0.3 is 9.72 Å². The minimum absolute atomic E-state index is 0.123. The molecule has 0 aliphatic rings. The number of carbonyl (C=O) groups excluding carboxylic acids is 1. The molecule has 23 heavy (non-hydrogen) atoms. The SMILES string of the molecule is CCOC(=O)c1cnn(CCc2nc3sc(C)cc3c(=O)[nH]2)c1. The molecule has 0 radical (unpaired) electrons. The molecule has 0 bridgehead atoms. The number of aromatic amines is 1. The molecule has 1 N–H and O–H groups in total. The molecule has 0 saturated carbocycles. The monoisotopic (exact) mass is 332 g/mol. The summed E-state index contributed by atoms with van der Waals surface area (Å²) in [5.41, 5.74) is 0.291. The van der Waals surface area contributed by atoms with E-state index in [9.17, 15) is 9.59 Å². The Bertz CT molecular complexity index is 909. The zero-order chi connectivity index (χ0) is 16.4. The molecule has 0 aromatic carbocycles. The molecule has 0 atom stereocenters. The maximum Gasteiger partial charge on any atom is 0.341 e. The van der Waals surface area contributed by atoms with Crippen molar-refractivity contribution >= 4 is 27.5 Å². The summed E-state index contributed by atoms with van der Waals surface area (Å²) in [6.07, 6.45) is 3.62. The van der Waals surface area contributed by atoms with Gasteiger partial charge in [0.05, 0.1) is 23.8 Å². The van der Waals surface area contributed by atoms with Crippen LogP contribution >= 0.6 is 11.3 Å². The third-order valence-corrected chi connectivity index (χ3v) is 4.24. The molecule has 0 unspecified atom stereocenters. The molecule has 0 saturated heterocycles. The van der Waals surface area contributed by atoms with Crippen LogP contribution in [-0.2, 0) is 17.7 Å². The number of aryl methyl sites for hydroxylation is 3. The minimum Gasteiger partial charge on any atom is -0.462 e. The van der Waals surface area contributed by atoms with E-state index in [0.717, 1.165) is 9.71 Å². The number of H-pyrrole nitrogens is 1. The summed E-state index contributed by atoms with van der Waals surface area (Å²) in [5.74, 6) is 0.221. The number of ether oxygens (including phenoxy) is 1. The average molecular weight is 332 g/mol. The molecule has 3 aromatic rings. The lowest BCUT2D eigenvalue weighted by atomic mass is 10.3. The van der Waals surface area contributed by atoms with Crippen molar-refractivity contribution in [2.75, 3.05) is 6.61 Å². The Morgan fingerprint density at radius 3 is 3.09 bits per heavy atom. The summed E-state index contributed by atoms with van der Waals surface area (Å²) in [4.78, 5) is 32.7. The number of rotatable bonds is 5. The lowest BCUT2D eigenvalue weighted by Gasteiger charge is -2.02. The first-order chi connectivity index (χ1) is 11.1. The summed E-state index contributed by atoms with van der Waals surface area (Å²) in [6.45, 7) is 4.55. The van der Waals surface area contributed by atoms with Crippen molar-refractivity contribution in [2.24, 2.45) is 0 Å². The van der Waals surface area contributed by atoms with Gasteiger partial charge in [-0.2, -0.15) is 5.10 Å². The number of hydrogen-bond donors (Lipinski definition) is 1. The van der Waals surface area contributed by atoms with Gasteiger partial charge in [0.1, 0.15) is 10.7 Å². The summed E-state index contributed by atoms with van der Waals surface area (Å²) >= 11 is 1.50. The molecule has 3 rings (SSSR count). The molecule has 0 aliphatic heterocycles. The number of hydrogen-bond acceptors (Lipinski definition) is 6. The first kappa shape index (κ1) is 15.4. The standard InChI is InChI=1S/C15H16N4O3S/c1-3-22-15(21)10-7-16-19(8-10)5-4-12-17-13(20)11-6-9(2)23-14(11)18-12/h6-8H,3-5H2,1-2H3,(H,17,18,20). The molecule has 0 spiro atoms. The zero-order valence-electron chi connectivity index (χ0n) is 12.8. The van der Waals surface area contributed by atoms with E-state index < -0.39 is 0 Å². The maximum absolute atomic E-state index is 12.0. The van der Waals surface area contributed by atoms with Gasteiger partial charge in [-0.25, -0.2) is 9.78 Å². The quantitative estimate of drug-likeness (QED) is 0.721. The number of nitrogens with zero attached hydrogens (tertiary/aromatic N) is 3.